The quantitative estimate of drug-likeness (QED) is 0.227. The number of amides is 1. The molecule has 3 N–H and O–H groups in total. The maximum absolute atomic E-state index is 14.0. The largest absolute Gasteiger partial charge is 0.512 e. The zero-order valence-corrected chi connectivity index (χ0v) is 24.3. The number of carbonyl (C=O) groups excluding carboxylic acids is 1. The number of pyridine rings is 1. The lowest BCUT2D eigenvalue weighted by atomic mass is 10.1. The second kappa shape index (κ2) is 12.5. The number of hydrogen-bond donors (Lipinski definition) is 3. The molecule has 7 heterocycles. The average molecular weight is 636 g/mol. The number of alkyl halides is 3. The summed E-state index contributed by atoms with van der Waals surface area (Å²) in [7, 11) is 0.733. The van der Waals surface area contributed by atoms with E-state index in [1.807, 2.05) is 0 Å². The molecule has 0 spiro atoms. The maximum Gasteiger partial charge on any atom is 0.512 e. The zero-order valence-electron chi connectivity index (χ0n) is 22.7. The van der Waals surface area contributed by atoms with E-state index >= 15 is 0 Å². The van der Waals surface area contributed by atoms with Crippen LogP contribution in [0.2, 0.25) is 5.15 Å². The van der Waals surface area contributed by atoms with Crippen molar-refractivity contribution in [3.8, 4) is 17.0 Å². The Kier molecular flexibility index (Phi) is 8.76. The van der Waals surface area contributed by atoms with Gasteiger partial charge in [0.15, 0.2) is 10.8 Å². The number of nitrogens with zero attached hydrogens (tertiary/aromatic N) is 5. The lowest BCUT2D eigenvalue weighted by molar-refractivity contribution is -0.137. The van der Waals surface area contributed by atoms with Crippen LogP contribution in [-0.2, 0) is 28.0 Å². The van der Waals surface area contributed by atoms with Gasteiger partial charge in [0.25, 0.3) is 5.91 Å². The summed E-state index contributed by atoms with van der Waals surface area (Å²) in [4.78, 5) is 25.1. The highest BCUT2D eigenvalue weighted by Crippen LogP contribution is 2.38. The number of rotatable bonds is 2. The van der Waals surface area contributed by atoms with E-state index in [1.165, 1.54) is 26.3 Å². The van der Waals surface area contributed by atoms with Crippen LogP contribution in [0.1, 0.15) is 28.0 Å². The van der Waals surface area contributed by atoms with Gasteiger partial charge >= 0.3 is 14.2 Å². The van der Waals surface area contributed by atoms with Gasteiger partial charge in [0.2, 0.25) is 12.1 Å². The van der Waals surface area contributed by atoms with E-state index in [9.17, 15) is 22.5 Å². The summed E-state index contributed by atoms with van der Waals surface area (Å²) in [6.07, 6.45) is -2.00. The molecule has 8 bridgehead atoms. The van der Waals surface area contributed by atoms with Crippen molar-refractivity contribution in [3.05, 3.63) is 64.7 Å². The number of halogens is 4. The lowest BCUT2D eigenvalue weighted by Crippen LogP contribution is -2.21. The maximum atomic E-state index is 14.0. The number of anilines is 4. The van der Waals surface area contributed by atoms with E-state index < -0.39 is 31.5 Å². The molecule has 0 fully saturated rings. The molecule has 1 amide bonds. The molecule has 1 atom stereocenters. The topological polar surface area (TPSA) is 145 Å². The first-order valence-corrected chi connectivity index (χ1v) is 14.5. The fourth-order valence-corrected chi connectivity index (χ4v) is 5.36. The van der Waals surface area contributed by atoms with Crippen molar-refractivity contribution in [1.29, 1.82) is 0 Å². The molecular weight excluding hydrogens is 612 g/mol. The Hall–Kier alpha value is -4.33. The van der Waals surface area contributed by atoms with Crippen LogP contribution in [0, 0.1) is 0 Å². The van der Waals surface area contributed by atoms with E-state index in [-0.39, 0.29) is 40.9 Å². The molecule has 4 aliphatic heterocycles. The minimum atomic E-state index is -4.83. The molecule has 0 radical (unpaired) electrons. The minimum Gasteiger partial charge on any atom is -0.495 e. The first-order chi connectivity index (χ1) is 20.5. The van der Waals surface area contributed by atoms with Crippen LogP contribution < -0.4 is 20.7 Å². The molecule has 8 rings (SSSR count). The highest BCUT2D eigenvalue weighted by atomic mass is 35.5. The third kappa shape index (κ3) is 6.85. The van der Waals surface area contributed by atoms with E-state index in [2.05, 4.69) is 36.0 Å². The van der Waals surface area contributed by atoms with Crippen LogP contribution in [-0.4, -0.2) is 51.4 Å². The van der Waals surface area contributed by atoms with Crippen LogP contribution in [0.25, 0.3) is 11.3 Å². The van der Waals surface area contributed by atoms with Gasteiger partial charge in [0.05, 0.1) is 29.7 Å². The monoisotopic (exact) mass is 635 g/mol. The van der Waals surface area contributed by atoms with Gasteiger partial charge in [0.1, 0.15) is 23.7 Å². The molecule has 3 aromatic heterocycles. The Morgan fingerprint density at radius 1 is 1.19 bits per heavy atom. The standard InChI is InChI=1S/C26H23ClF3N8O4P/c1-31-24(39)21-19-7-6-17(33-21)15-12-38(37-22(15)27)8-3-9-42-43(40)13-14-4-5-18(20(10-14)41-2)35-25-32-11-16(26(28,29)30)23(34-19)36-25/h4-7,10-12H,3,8-9,13H2,1-2H3,(H2-,31,32,34,35,36,39)/p+1. The molecule has 0 saturated heterocycles. The lowest BCUT2D eigenvalue weighted by Gasteiger charge is -2.17. The van der Waals surface area contributed by atoms with E-state index in [0.29, 0.717) is 41.7 Å². The molecule has 43 heavy (non-hydrogen) atoms. The van der Waals surface area contributed by atoms with Gasteiger partial charge in [-0.25, -0.2) is 9.97 Å². The van der Waals surface area contributed by atoms with Crippen molar-refractivity contribution in [3.63, 3.8) is 0 Å². The fraction of sp³-hybridized carbons (Fsp3) is 0.269. The summed E-state index contributed by atoms with van der Waals surface area (Å²) in [5, 5.41) is 12.3. The number of benzene rings is 1. The van der Waals surface area contributed by atoms with Gasteiger partial charge in [-0.1, -0.05) is 17.7 Å². The molecule has 0 aliphatic carbocycles. The van der Waals surface area contributed by atoms with Crippen LogP contribution in [0.3, 0.4) is 0 Å². The van der Waals surface area contributed by atoms with Crippen molar-refractivity contribution in [1.82, 2.24) is 30.0 Å². The van der Waals surface area contributed by atoms with Gasteiger partial charge < -0.3 is 20.7 Å². The summed E-state index contributed by atoms with van der Waals surface area (Å²) >= 11 is 6.36. The second-order valence-electron chi connectivity index (χ2n) is 9.18. The van der Waals surface area contributed by atoms with Crippen molar-refractivity contribution in [2.45, 2.75) is 25.3 Å². The second-order valence-corrected chi connectivity index (χ2v) is 10.8. The predicted octanol–water partition coefficient (Wildman–Crippen LogP) is 5.93. The Labute approximate surface area is 248 Å². The van der Waals surface area contributed by atoms with Gasteiger partial charge in [-0.05, 0) is 35.3 Å². The SMILES string of the molecule is CNC(=O)c1nc2ccc1Nc1nc(ncc1C(F)(F)F)Nc1ccc(cc1OC)C[P+](=O)OCCCn1cc-2c(Cl)n1. The van der Waals surface area contributed by atoms with Crippen LogP contribution in [0.15, 0.2) is 42.7 Å². The summed E-state index contributed by atoms with van der Waals surface area (Å²) in [6.45, 7) is 0.584. The highest BCUT2D eigenvalue weighted by Gasteiger charge is 2.36. The third-order valence-corrected chi connectivity index (χ3v) is 7.64. The summed E-state index contributed by atoms with van der Waals surface area (Å²) in [6, 6.07) is 7.79. The fourth-order valence-electron chi connectivity index (χ4n) is 4.20. The van der Waals surface area contributed by atoms with Crippen molar-refractivity contribution in [2.24, 2.45) is 0 Å². The molecule has 12 nitrogen and oxygen atoms in total. The zero-order chi connectivity index (χ0) is 30.7. The van der Waals surface area contributed by atoms with E-state index in [1.54, 1.807) is 29.1 Å². The number of nitrogens with one attached hydrogen (secondary N) is 3. The van der Waals surface area contributed by atoms with Gasteiger partial charge in [0, 0.05) is 31.5 Å². The number of methoxy groups -OCH3 is 1. The van der Waals surface area contributed by atoms with Crippen LogP contribution in [0.5, 0.6) is 5.75 Å². The molecule has 1 unspecified atom stereocenters. The van der Waals surface area contributed by atoms with E-state index in [0.717, 1.165) is 0 Å². The number of aryl methyl sites for hydroxylation is 1. The van der Waals surface area contributed by atoms with Crippen LogP contribution >= 0.6 is 19.6 Å². The first-order valence-electron chi connectivity index (χ1n) is 12.7. The Bertz CT molecular complexity index is 1700. The molecule has 0 saturated carbocycles. The molecular formula is C26H24ClF3N8O4P+. The van der Waals surface area contributed by atoms with Crippen molar-refractivity contribution in [2.75, 3.05) is 31.4 Å². The summed E-state index contributed by atoms with van der Waals surface area (Å²) < 4.78 is 67.0. The number of aromatic nitrogens is 5. The molecule has 224 valence electrons. The Morgan fingerprint density at radius 2 is 1.98 bits per heavy atom. The van der Waals surface area contributed by atoms with Gasteiger partial charge in [-0.2, -0.15) is 23.3 Å². The predicted molar refractivity (Wildman–Crippen MR) is 152 cm³/mol. The van der Waals surface area contributed by atoms with Gasteiger partial charge in [-0.15, -0.1) is 4.52 Å². The first kappa shape index (κ1) is 30.1. The summed E-state index contributed by atoms with van der Waals surface area (Å²) in [5.41, 5.74) is 0.241. The minimum absolute atomic E-state index is 0.0444. The highest BCUT2D eigenvalue weighted by molar-refractivity contribution is 7.38. The van der Waals surface area contributed by atoms with Crippen LogP contribution in [0.4, 0.5) is 36.3 Å². The number of ether oxygens (including phenoxy) is 1. The number of hydrogen-bond acceptors (Lipinski definition) is 10. The van der Waals surface area contributed by atoms with Gasteiger partial charge in [-0.3, -0.25) is 9.48 Å². The average Bonchev–Trinajstić information content (AvgIpc) is 3.35. The Morgan fingerprint density at radius 3 is 2.72 bits per heavy atom. The molecule has 4 aromatic rings. The molecule has 4 aliphatic rings. The normalized spacial score (nSPS) is 14.7. The number of carbonyl (C=O) groups is 1. The Balaban J connectivity index is 1.63. The third-order valence-electron chi connectivity index (χ3n) is 6.27. The van der Waals surface area contributed by atoms with Crippen molar-refractivity contribution >= 4 is 48.7 Å². The molecule has 17 heteroatoms. The smallest absolute Gasteiger partial charge is 0.495 e. The summed E-state index contributed by atoms with van der Waals surface area (Å²) in [5.74, 6) is -1.17. The van der Waals surface area contributed by atoms with Crippen molar-refractivity contribution < 1.29 is 31.8 Å². The van der Waals surface area contributed by atoms with E-state index in [4.69, 9.17) is 20.9 Å². The molecule has 1 aromatic carbocycles.